The summed E-state index contributed by atoms with van der Waals surface area (Å²) in [6.07, 6.45) is -1.91. The van der Waals surface area contributed by atoms with Crippen LogP contribution in [0.3, 0.4) is 0 Å². The molecule has 0 bridgehead atoms. The van der Waals surface area contributed by atoms with Crippen LogP contribution in [0.25, 0.3) is 0 Å². The van der Waals surface area contributed by atoms with Crippen molar-refractivity contribution in [2.24, 2.45) is 5.92 Å². The minimum absolute atomic E-state index is 0.00407. The fraction of sp³-hybridized carbons (Fsp3) is 0.375. The van der Waals surface area contributed by atoms with E-state index >= 15 is 0 Å². The van der Waals surface area contributed by atoms with Gasteiger partial charge in [0, 0.05) is 0 Å². The van der Waals surface area contributed by atoms with Crippen molar-refractivity contribution in [3.63, 3.8) is 0 Å². The maximum Gasteiger partial charge on any atom is 0.408 e. The average Bonchev–Trinajstić information content (AvgIpc) is 2.80. The lowest BCUT2D eigenvalue weighted by Gasteiger charge is -2.22. The summed E-state index contributed by atoms with van der Waals surface area (Å²) in [5.41, 5.74) is 2.29. The molecule has 2 aromatic carbocycles. The number of aliphatic hydroxyl groups is 1. The largest absolute Gasteiger partial charge is 0.458 e. The lowest BCUT2D eigenvalue weighted by atomic mass is 10.1. The third kappa shape index (κ3) is 8.03. The fourth-order valence-electron chi connectivity index (χ4n) is 2.70. The van der Waals surface area contributed by atoms with Crippen LogP contribution in [0.15, 0.2) is 54.6 Å². The summed E-state index contributed by atoms with van der Waals surface area (Å²) in [6.45, 7) is 4.88. The van der Waals surface area contributed by atoms with Gasteiger partial charge in [0.25, 0.3) is 0 Å². The number of hydrogen-bond acceptors (Lipinski definition) is 7. The summed E-state index contributed by atoms with van der Waals surface area (Å²) >= 11 is 0. The highest BCUT2D eigenvalue weighted by atomic mass is 16.6. The van der Waals surface area contributed by atoms with Crippen molar-refractivity contribution in [1.82, 2.24) is 5.32 Å². The highest BCUT2D eigenvalue weighted by molar-refractivity contribution is 5.84. The first-order valence-corrected chi connectivity index (χ1v) is 10.3. The van der Waals surface area contributed by atoms with E-state index in [1.165, 1.54) is 6.92 Å². The molecule has 32 heavy (non-hydrogen) atoms. The van der Waals surface area contributed by atoms with Gasteiger partial charge in [-0.15, -0.1) is 0 Å². The van der Waals surface area contributed by atoms with E-state index in [4.69, 9.17) is 19.3 Å². The first kappa shape index (κ1) is 24.9. The lowest BCUT2D eigenvalue weighted by molar-refractivity contribution is -0.169. The molecule has 2 rings (SSSR count). The van der Waals surface area contributed by atoms with Gasteiger partial charge in [0.05, 0.1) is 6.61 Å². The van der Waals surface area contributed by atoms with E-state index in [0.29, 0.717) is 0 Å². The summed E-state index contributed by atoms with van der Waals surface area (Å²) < 4.78 is 15.5. The molecule has 0 unspecified atom stereocenters. The Morgan fingerprint density at radius 1 is 0.812 bits per heavy atom. The quantitative estimate of drug-likeness (QED) is 0.429. The Balaban J connectivity index is 1.83. The minimum atomic E-state index is -1.15. The van der Waals surface area contributed by atoms with Gasteiger partial charge in [-0.1, -0.05) is 68.4 Å². The van der Waals surface area contributed by atoms with Gasteiger partial charge in [0.1, 0.15) is 19.3 Å². The smallest absolute Gasteiger partial charge is 0.408 e. The van der Waals surface area contributed by atoms with Crippen molar-refractivity contribution in [3.05, 3.63) is 71.3 Å². The second kappa shape index (κ2) is 12.5. The van der Waals surface area contributed by atoms with Crippen molar-refractivity contribution < 1.29 is 33.7 Å². The molecule has 0 radical (unpaired) electrons. The van der Waals surface area contributed by atoms with Gasteiger partial charge in [0.15, 0.2) is 6.10 Å². The number of aliphatic hydroxyl groups excluding tert-OH is 1. The van der Waals surface area contributed by atoms with Gasteiger partial charge in [-0.05, 0) is 29.5 Å². The van der Waals surface area contributed by atoms with E-state index < -0.39 is 30.2 Å². The molecule has 172 valence electrons. The van der Waals surface area contributed by atoms with Crippen LogP contribution in [0.2, 0.25) is 0 Å². The molecule has 2 N–H and O–H groups in total. The zero-order chi connectivity index (χ0) is 23.5. The van der Waals surface area contributed by atoms with Crippen LogP contribution in [0, 0.1) is 5.92 Å². The average molecular weight is 443 g/mol. The number of hydrogen-bond donors (Lipinski definition) is 2. The van der Waals surface area contributed by atoms with Crippen LogP contribution in [0.1, 0.15) is 37.5 Å². The summed E-state index contributed by atoms with van der Waals surface area (Å²) in [5.74, 6) is -1.76. The number of ether oxygens (including phenoxy) is 3. The molecule has 0 spiro atoms. The van der Waals surface area contributed by atoms with Crippen LogP contribution in [-0.2, 0) is 43.6 Å². The maximum absolute atomic E-state index is 12.5. The van der Waals surface area contributed by atoms with Gasteiger partial charge in [0.2, 0.25) is 0 Å². The number of amides is 1. The molecular weight excluding hydrogens is 414 g/mol. The molecule has 0 saturated carbocycles. The standard InChI is InChI=1S/C24H29NO7/c1-16(2)21(25-24(29)31-15-19-7-5-4-6-8-19)23(28)32-17(3)22(27)30-14-20-11-9-18(13-26)10-12-20/h4-12,16-17,21,26H,13-15H2,1-3H3,(H,25,29)/t17-,21-/m0/s1. The van der Waals surface area contributed by atoms with Gasteiger partial charge in [-0.2, -0.15) is 0 Å². The second-order valence-corrected chi connectivity index (χ2v) is 7.59. The number of benzene rings is 2. The van der Waals surface area contributed by atoms with Crippen LogP contribution in [0.5, 0.6) is 0 Å². The third-order valence-electron chi connectivity index (χ3n) is 4.62. The van der Waals surface area contributed by atoms with E-state index in [2.05, 4.69) is 5.32 Å². The zero-order valence-electron chi connectivity index (χ0n) is 18.4. The molecule has 8 heteroatoms. The molecule has 2 atom stereocenters. The molecule has 0 aliphatic rings. The summed E-state index contributed by atoms with van der Waals surface area (Å²) in [4.78, 5) is 36.8. The number of alkyl carbamates (subject to hydrolysis) is 1. The Hall–Kier alpha value is -3.39. The molecule has 0 fully saturated rings. The summed E-state index contributed by atoms with van der Waals surface area (Å²) in [6, 6.07) is 15.1. The number of esters is 2. The van der Waals surface area contributed by atoms with Crippen molar-refractivity contribution in [2.45, 2.75) is 52.7 Å². The highest BCUT2D eigenvalue weighted by Crippen LogP contribution is 2.10. The number of nitrogens with one attached hydrogen (secondary N) is 1. The van der Waals surface area contributed by atoms with Gasteiger partial charge in [-0.3, -0.25) is 0 Å². The Labute approximate surface area is 187 Å². The van der Waals surface area contributed by atoms with E-state index in [-0.39, 0.29) is 25.7 Å². The topological polar surface area (TPSA) is 111 Å². The molecule has 2 aromatic rings. The van der Waals surface area contributed by atoms with Crippen LogP contribution in [-0.4, -0.2) is 35.3 Å². The van der Waals surface area contributed by atoms with E-state index in [1.807, 2.05) is 30.3 Å². The molecule has 0 aliphatic heterocycles. The Bertz CT molecular complexity index is 881. The van der Waals surface area contributed by atoms with Crippen molar-refractivity contribution >= 4 is 18.0 Å². The minimum Gasteiger partial charge on any atom is -0.458 e. The first-order valence-electron chi connectivity index (χ1n) is 10.3. The number of carbonyl (C=O) groups is 3. The van der Waals surface area contributed by atoms with Crippen molar-refractivity contribution in [3.8, 4) is 0 Å². The highest BCUT2D eigenvalue weighted by Gasteiger charge is 2.30. The van der Waals surface area contributed by atoms with Gasteiger partial charge < -0.3 is 24.6 Å². The fourth-order valence-corrected chi connectivity index (χ4v) is 2.70. The second-order valence-electron chi connectivity index (χ2n) is 7.59. The van der Waals surface area contributed by atoms with Gasteiger partial charge in [-0.25, -0.2) is 14.4 Å². The lowest BCUT2D eigenvalue weighted by Crippen LogP contribution is -2.47. The summed E-state index contributed by atoms with van der Waals surface area (Å²) in [7, 11) is 0. The Morgan fingerprint density at radius 3 is 1.97 bits per heavy atom. The predicted molar refractivity (Wildman–Crippen MR) is 116 cm³/mol. The van der Waals surface area contributed by atoms with Crippen LogP contribution >= 0.6 is 0 Å². The van der Waals surface area contributed by atoms with Crippen molar-refractivity contribution in [2.75, 3.05) is 0 Å². The monoisotopic (exact) mass is 443 g/mol. The molecular formula is C24H29NO7. The van der Waals surface area contributed by atoms with E-state index in [9.17, 15) is 14.4 Å². The van der Waals surface area contributed by atoms with E-state index in [1.54, 1.807) is 38.1 Å². The molecule has 1 amide bonds. The number of carbonyl (C=O) groups excluding carboxylic acids is 3. The van der Waals surface area contributed by atoms with E-state index in [0.717, 1.165) is 16.7 Å². The third-order valence-corrected chi connectivity index (χ3v) is 4.62. The van der Waals surface area contributed by atoms with Crippen molar-refractivity contribution in [1.29, 1.82) is 0 Å². The number of rotatable bonds is 10. The van der Waals surface area contributed by atoms with Crippen LogP contribution in [0.4, 0.5) is 4.79 Å². The molecule has 0 aromatic heterocycles. The SMILES string of the molecule is CC(C)[C@H](NC(=O)OCc1ccccc1)C(=O)O[C@@H](C)C(=O)OCc1ccc(CO)cc1. The normalized spacial score (nSPS) is 12.5. The first-order chi connectivity index (χ1) is 15.3. The van der Waals surface area contributed by atoms with Crippen LogP contribution < -0.4 is 5.32 Å². The maximum atomic E-state index is 12.5. The molecule has 0 heterocycles. The Kier molecular flexibility index (Phi) is 9.69. The molecule has 8 nitrogen and oxygen atoms in total. The zero-order valence-corrected chi connectivity index (χ0v) is 18.4. The molecule has 0 aliphatic carbocycles. The van der Waals surface area contributed by atoms with Gasteiger partial charge >= 0.3 is 18.0 Å². The summed E-state index contributed by atoms with van der Waals surface area (Å²) in [5, 5.41) is 11.5. The molecule has 0 saturated heterocycles. The predicted octanol–water partition coefficient (Wildman–Crippen LogP) is 3.10. The Morgan fingerprint density at radius 2 is 1.38 bits per heavy atom.